The molecule has 1 fully saturated rings. The molecule has 0 spiro atoms. The fourth-order valence-corrected chi connectivity index (χ4v) is 1.70. The van der Waals surface area contributed by atoms with Crippen LogP contribution in [0, 0.1) is 0 Å². The molecule has 0 amide bonds. The molecule has 13 heavy (non-hydrogen) atoms. The quantitative estimate of drug-likeness (QED) is 0.670. The van der Waals surface area contributed by atoms with Crippen molar-refractivity contribution in [2.75, 3.05) is 0 Å². The van der Waals surface area contributed by atoms with Crippen LogP contribution in [-0.2, 0) is 0 Å². The lowest BCUT2D eigenvalue weighted by Crippen LogP contribution is -2.10. The van der Waals surface area contributed by atoms with Crippen LogP contribution in [0.1, 0.15) is 56.2 Å². The van der Waals surface area contributed by atoms with E-state index in [0.29, 0.717) is 5.92 Å². The summed E-state index contributed by atoms with van der Waals surface area (Å²) in [5.41, 5.74) is 2.65. The lowest BCUT2D eigenvalue weighted by atomic mass is 9.82. The van der Waals surface area contributed by atoms with Gasteiger partial charge in [-0.3, -0.25) is 4.98 Å². The van der Waals surface area contributed by atoms with Crippen LogP contribution in [0.15, 0.2) is 18.3 Å². The second-order valence-corrected chi connectivity index (χ2v) is 4.30. The van der Waals surface area contributed by atoms with Gasteiger partial charge in [0.1, 0.15) is 0 Å². The van der Waals surface area contributed by atoms with Gasteiger partial charge in [0.05, 0.1) is 0 Å². The Labute approximate surface area is 80.2 Å². The van der Waals surface area contributed by atoms with Gasteiger partial charge in [-0.05, 0) is 30.4 Å². The standard InChI is InChI=1S/C12H17N/c1-9(2)11-6-7-12(13-8-11)10-4-3-5-10/h6-10H,3-5H2,1-2H3. The van der Waals surface area contributed by atoms with E-state index in [-0.39, 0.29) is 0 Å². The summed E-state index contributed by atoms with van der Waals surface area (Å²) >= 11 is 0. The first kappa shape index (κ1) is 8.74. The maximum atomic E-state index is 4.52. The van der Waals surface area contributed by atoms with Crippen LogP contribution >= 0.6 is 0 Å². The van der Waals surface area contributed by atoms with E-state index in [9.17, 15) is 0 Å². The van der Waals surface area contributed by atoms with Crippen LogP contribution in [0.2, 0.25) is 0 Å². The van der Waals surface area contributed by atoms with Gasteiger partial charge >= 0.3 is 0 Å². The van der Waals surface area contributed by atoms with E-state index in [0.717, 1.165) is 5.92 Å². The fraction of sp³-hybridized carbons (Fsp3) is 0.583. The maximum Gasteiger partial charge on any atom is 0.0434 e. The van der Waals surface area contributed by atoms with Gasteiger partial charge in [0, 0.05) is 17.8 Å². The summed E-state index contributed by atoms with van der Waals surface area (Å²) in [5.74, 6) is 1.36. The second kappa shape index (κ2) is 3.49. The first-order chi connectivity index (χ1) is 6.27. The molecule has 0 N–H and O–H groups in total. The topological polar surface area (TPSA) is 12.9 Å². The van der Waals surface area contributed by atoms with E-state index < -0.39 is 0 Å². The van der Waals surface area contributed by atoms with Gasteiger partial charge in [-0.25, -0.2) is 0 Å². The zero-order valence-electron chi connectivity index (χ0n) is 8.46. The molecule has 1 aliphatic carbocycles. The van der Waals surface area contributed by atoms with E-state index in [4.69, 9.17) is 0 Å². The van der Waals surface area contributed by atoms with Gasteiger partial charge in [0.15, 0.2) is 0 Å². The van der Waals surface area contributed by atoms with Crippen LogP contribution in [0.4, 0.5) is 0 Å². The smallest absolute Gasteiger partial charge is 0.0434 e. The predicted octanol–water partition coefficient (Wildman–Crippen LogP) is 3.47. The Morgan fingerprint density at radius 2 is 2.08 bits per heavy atom. The molecule has 0 bridgehead atoms. The molecule has 1 aliphatic rings. The molecule has 1 aromatic rings. The average molecular weight is 175 g/mol. The molecule has 0 aromatic carbocycles. The van der Waals surface area contributed by atoms with Crippen LogP contribution in [0.3, 0.4) is 0 Å². The van der Waals surface area contributed by atoms with Crippen molar-refractivity contribution in [3.63, 3.8) is 0 Å². The number of hydrogen-bond acceptors (Lipinski definition) is 1. The Bertz CT molecular complexity index is 270. The highest BCUT2D eigenvalue weighted by Gasteiger charge is 2.20. The van der Waals surface area contributed by atoms with E-state index in [1.807, 2.05) is 6.20 Å². The van der Waals surface area contributed by atoms with Gasteiger partial charge in [-0.1, -0.05) is 26.3 Å². The van der Waals surface area contributed by atoms with E-state index in [1.165, 1.54) is 30.5 Å². The summed E-state index contributed by atoms with van der Waals surface area (Å²) < 4.78 is 0. The van der Waals surface area contributed by atoms with E-state index in [2.05, 4.69) is 31.0 Å². The molecule has 0 aliphatic heterocycles. The predicted molar refractivity (Wildman–Crippen MR) is 54.9 cm³/mol. The maximum absolute atomic E-state index is 4.52. The fourth-order valence-electron chi connectivity index (χ4n) is 1.70. The van der Waals surface area contributed by atoms with Crippen LogP contribution < -0.4 is 0 Å². The van der Waals surface area contributed by atoms with Crippen LogP contribution in [-0.4, -0.2) is 4.98 Å². The first-order valence-electron chi connectivity index (χ1n) is 5.23. The molecule has 0 atom stereocenters. The van der Waals surface area contributed by atoms with Crippen LogP contribution in [0.5, 0.6) is 0 Å². The zero-order valence-corrected chi connectivity index (χ0v) is 8.46. The molecule has 1 saturated carbocycles. The Balaban J connectivity index is 2.13. The van der Waals surface area contributed by atoms with Crippen molar-refractivity contribution in [1.82, 2.24) is 4.98 Å². The normalized spacial score (nSPS) is 17.5. The highest BCUT2D eigenvalue weighted by Crippen LogP contribution is 2.35. The minimum atomic E-state index is 0.600. The van der Waals surface area contributed by atoms with Gasteiger partial charge in [0.25, 0.3) is 0 Å². The number of pyridine rings is 1. The Hall–Kier alpha value is -0.850. The van der Waals surface area contributed by atoms with Crippen molar-refractivity contribution in [1.29, 1.82) is 0 Å². The zero-order chi connectivity index (χ0) is 9.26. The van der Waals surface area contributed by atoms with Gasteiger partial charge in [-0.2, -0.15) is 0 Å². The third-order valence-corrected chi connectivity index (χ3v) is 3.00. The number of rotatable bonds is 2. The van der Waals surface area contributed by atoms with Crippen LogP contribution in [0.25, 0.3) is 0 Å². The van der Waals surface area contributed by atoms with E-state index in [1.54, 1.807) is 0 Å². The lowest BCUT2D eigenvalue weighted by Gasteiger charge is -2.24. The minimum absolute atomic E-state index is 0.600. The Morgan fingerprint density at radius 1 is 1.31 bits per heavy atom. The van der Waals surface area contributed by atoms with Gasteiger partial charge in [-0.15, -0.1) is 0 Å². The lowest BCUT2D eigenvalue weighted by molar-refractivity contribution is 0.411. The van der Waals surface area contributed by atoms with Gasteiger partial charge < -0.3 is 0 Å². The molecule has 1 aromatic heterocycles. The van der Waals surface area contributed by atoms with Crippen molar-refractivity contribution in [3.8, 4) is 0 Å². The van der Waals surface area contributed by atoms with Crippen molar-refractivity contribution in [3.05, 3.63) is 29.6 Å². The molecule has 0 saturated heterocycles. The molecule has 70 valence electrons. The van der Waals surface area contributed by atoms with Crippen molar-refractivity contribution >= 4 is 0 Å². The first-order valence-corrected chi connectivity index (χ1v) is 5.23. The molecular weight excluding hydrogens is 158 g/mol. The van der Waals surface area contributed by atoms with Crippen molar-refractivity contribution < 1.29 is 0 Å². The molecule has 1 nitrogen and oxygen atoms in total. The number of nitrogens with zero attached hydrogens (tertiary/aromatic N) is 1. The third kappa shape index (κ3) is 1.74. The number of aromatic nitrogens is 1. The van der Waals surface area contributed by atoms with Gasteiger partial charge in [0.2, 0.25) is 0 Å². The number of hydrogen-bond donors (Lipinski definition) is 0. The van der Waals surface area contributed by atoms with E-state index >= 15 is 0 Å². The summed E-state index contributed by atoms with van der Waals surface area (Å²) in [5, 5.41) is 0. The summed E-state index contributed by atoms with van der Waals surface area (Å²) in [7, 11) is 0. The molecule has 1 heteroatoms. The highest BCUT2D eigenvalue weighted by atomic mass is 14.7. The summed E-state index contributed by atoms with van der Waals surface area (Å²) in [6.45, 7) is 4.42. The highest BCUT2D eigenvalue weighted by molar-refractivity contribution is 5.20. The minimum Gasteiger partial charge on any atom is -0.261 e. The average Bonchev–Trinajstić information content (AvgIpc) is 2.02. The van der Waals surface area contributed by atoms with Crippen molar-refractivity contribution in [2.24, 2.45) is 0 Å². The molecule has 0 unspecified atom stereocenters. The summed E-state index contributed by atoms with van der Waals surface area (Å²) in [6, 6.07) is 4.44. The Morgan fingerprint density at radius 3 is 2.46 bits per heavy atom. The SMILES string of the molecule is CC(C)c1ccc(C2CCC2)nc1. The third-order valence-electron chi connectivity index (χ3n) is 3.00. The molecular formula is C12H17N. The molecule has 1 heterocycles. The Kier molecular flexibility index (Phi) is 2.34. The summed E-state index contributed by atoms with van der Waals surface area (Å²) in [6.07, 6.45) is 6.11. The van der Waals surface area contributed by atoms with Crippen molar-refractivity contribution in [2.45, 2.75) is 44.9 Å². The monoisotopic (exact) mass is 175 g/mol. The largest absolute Gasteiger partial charge is 0.261 e. The molecule has 2 rings (SSSR count). The summed E-state index contributed by atoms with van der Waals surface area (Å²) in [4.78, 5) is 4.52. The molecule has 0 radical (unpaired) electrons. The second-order valence-electron chi connectivity index (χ2n) is 4.30.